The van der Waals surface area contributed by atoms with Crippen molar-refractivity contribution in [2.75, 3.05) is 16.0 Å². The average Bonchev–Trinajstić information content (AvgIpc) is 3.36. The molecule has 1 N–H and O–H groups in total. The molecule has 10 heteroatoms. The van der Waals surface area contributed by atoms with Crippen LogP contribution in [0.1, 0.15) is 37.4 Å². The zero-order valence-electron chi connectivity index (χ0n) is 17.7. The number of benzene rings is 1. The summed E-state index contributed by atoms with van der Waals surface area (Å²) in [5.41, 5.74) is 2.86. The van der Waals surface area contributed by atoms with Gasteiger partial charge in [-0.1, -0.05) is 47.7 Å². The SMILES string of the molecule is CCC(=O)N(c1nnc(SCC(=O)Nc2cc(C)nn2-c2ccc(C)cc2)s1)C1CC1. The number of nitrogens with one attached hydrogen (secondary N) is 1. The van der Waals surface area contributed by atoms with E-state index < -0.39 is 0 Å². The van der Waals surface area contributed by atoms with Crippen molar-refractivity contribution in [2.45, 2.75) is 50.4 Å². The number of amides is 2. The Bertz CT molecular complexity index is 1090. The molecule has 0 radical (unpaired) electrons. The van der Waals surface area contributed by atoms with Crippen molar-refractivity contribution in [3.63, 3.8) is 0 Å². The lowest BCUT2D eigenvalue weighted by Gasteiger charge is -2.17. The quantitative estimate of drug-likeness (QED) is 0.407. The van der Waals surface area contributed by atoms with E-state index in [1.165, 1.54) is 23.1 Å². The number of hydrogen-bond acceptors (Lipinski definition) is 7. The Hall–Kier alpha value is -2.72. The van der Waals surface area contributed by atoms with Crippen molar-refractivity contribution in [3.8, 4) is 5.69 Å². The monoisotopic (exact) mass is 456 g/mol. The van der Waals surface area contributed by atoms with E-state index in [4.69, 9.17) is 0 Å². The fourth-order valence-corrected chi connectivity index (χ4v) is 4.84. The zero-order valence-corrected chi connectivity index (χ0v) is 19.3. The van der Waals surface area contributed by atoms with E-state index in [9.17, 15) is 9.59 Å². The molecule has 3 aromatic rings. The second kappa shape index (κ2) is 9.19. The Kier molecular flexibility index (Phi) is 6.38. The fourth-order valence-electron chi connectivity index (χ4n) is 3.11. The number of carbonyl (C=O) groups excluding carboxylic acids is 2. The normalized spacial score (nSPS) is 13.3. The van der Waals surface area contributed by atoms with E-state index in [1.54, 1.807) is 9.58 Å². The highest BCUT2D eigenvalue weighted by molar-refractivity contribution is 8.01. The van der Waals surface area contributed by atoms with Crippen LogP contribution in [0, 0.1) is 13.8 Å². The molecule has 31 heavy (non-hydrogen) atoms. The van der Waals surface area contributed by atoms with Crippen LogP contribution in [0.15, 0.2) is 34.7 Å². The lowest BCUT2D eigenvalue weighted by atomic mass is 10.2. The maximum atomic E-state index is 12.6. The molecule has 1 aromatic carbocycles. The summed E-state index contributed by atoms with van der Waals surface area (Å²) in [5, 5.41) is 16.4. The van der Waals surface area contributed by atoms with Gasteiger partial charge < -0.3 is 5.32 Å². The van der Waals surface area contributed by atoms with Gasteiger partial charge in [0.2, 0.25) is 16.9 Å². The van der Waals surface area contributed by atoms with Crippen molar-refractivity contribution in [2.24, 2.45) is 0 Å². The summed E-state index contributed by atoms with van der Waals surface area (Å²) in [6.45, 7) is 5.77. The smallest absolute Gasteiger partial charge is 0.235 e. The molecule has 2 amide bonds. The molecule has 4 rings (SSSR count). The summed E-state index contributed by atoms with van der Waals surface area (Å²) >= 11 is 2.67. The Labute approximate surface area is 189 Å². The van der Waals surface area contributed by atoms with Gasteiger partial charge in [-0.25, -0.2) is 4.68 Å². The Morgan fingerprint density at radius 2 is 1.97 bits per heavy atom. The van der Waals surface area contributed by atoms with Gasteiger partial charge in [-0.2, -0.15) is 5.10 Å². The van der Waals surface area contributed by atoms with Crippen molar-refractivity contribution in [3.05, 3.63) is 41.6 Å². The molecular weight excluding hydrogens is 432 g/mol. The zero-order chi connectivity index (χ0) is 22.0. The molecule has 1 saturated carbocycles. The molecule has 1 aliphatic rings. The Balaban J connectivity index is 1.39. The molecule has 0 unspecified atom stereocenters. The van der Waals surface area contributed by atoms with E-state index in [1.807, 2.05) is 51.1 Å². The molecule has 0 spiro atoms. The molecule has 0 aliphatic heterocycles. The van der Waals surface area contributed by atoms with Crippen LogP contribution in [-0.4, -0.2) is 43.6 Å². The third-order valence-corrected chi connectivity index (χ3v) is 6.85. The molecule has 8 nitrogen and oxygen atoms in total. The van der Waals surface area contributed by atoms with Crippen LogP contribution in [0.5, 0.6) is 0 Å². The van der Waals surface area contributed by atoms with E-state index in [0.29, 0.717) is 21.7 Å². The molecule has 162 valence electrons. The number of rotatable bonds is 8. The Morgan fingerprint density at radius 3 is 2.65 bits per heavy atom. The molecule has 0 saturated heterocycles. The summed E-state index contributed by atoms with van der Waals surface area (Å²) in [4.78, 5) is 26.5. The van der Waals surface area contributed by atoms with Gasteiger partial charge in [0, 0.05) is 18.5 Å². The minimum absolute atomic E-state index is 0.0627. The number of thioether (sulfide) groups is 1. The highest BCUT2D eigenvalue weighted by Gasteiger charge is 2.35. The predicted molar refractivity (Wildman–Crippen MR) is 123 cm³/mol. The first-order chi connectivity index (χ1) is 14.9. The van der Waals surface area contributed by atoms with Crippen LogP contribution in [0.4, 0.5) is 10.9 Å². The van der Waals surface area contributed by atoms with Gasteiger partial charge in [0.05, 0.1) is 17.1 Å². The Morgan fingerprint density at radius 1 is 1.23 bits per heavy atom. The predicted octanol–water partition coefficient (Wildman–Crippen LogP) is 3.98. The van der Waals surface area contributed by atoms with E-state index in [2.05, 4.69) is 20.6 Å². The first kappa shape index (κ1) is 21.5. The van der Waals surface area contributed by atoms with Gasteiger partial charge in [0.1, 0.15) is 5.82 Å². The molecule has 2 aromatic heterocycles. The minimum Gasteiger partial charge on any atom is -0.310 e. The van der Waals surface area contributed by atoms with Gasteiger partial charge in [0.15, 0.2) is 4.34 Å². The summed E-state index contributed by atoms with van der Waals surface area (Å²) in [6, 6.07) is 10.0. The van der Waals surface area contributed by atoms with Gasteiger partial charge in [-0.15, -0.1) is 10.2 Å². The summed E-state index contributed by atoms with van der Waals surface area (Å²) < 4.78 is 2.40. The third-order valence-electron chi connectivity index (χ3n) is 4.79. The number of carbonyl (C=O) groups is 2. The highest BCUT2D eigenvalue weighted by atomic mass is 32.2. The summed E-state index contributed by atoms with van der Waals surface area (Å²) in [5.74, 6) is 0.725. The van der Waals surface area contributed by atoms with Crippen LogP contribution in [0.25, 0.3) is 5.69 Å². The molecule has 2 heterocycles. The van der Waals surface area contributed by atoms with Crippen molar-refractivity contribution in [1.29, 1.82) is 0 Å². The van der Waals surface area contributed by atoms with E-state index in [0.717, 1.165) is 29.8 Å². The molecule has 1 aliphatic carbocycles. The van der Waals surface area contributed by atoms with Crippen LogP contribution in [-0.2, 0) is 9.59 Å². The second-order valence-electron chi connectivity index (χ2n) is 7.45. The van der Waals surface area contributed by atoms with Crippen LogP contribution in [0.3, 0.4) is 0 Å². The molecule has 1 fully saturated rings. The fraction of sp³-hybridized carbons (Fsp3) is 0.381. The number of hydrogen-bond donors (Lipinski definition) is 1. The molecular formula is C21H24N6O2S2. The number of anilines is 2. The average molecular weight is 457 g/mol. The lowest BCUT2D eigenvalue weighted by Crippen LogP contribution is -2.32. The maximum Gasteiger partial charge on any atom is 0.235 e. The van der Waals surface area contributed by atoms with Crippen LogP contribution >= 0.6 is 23.1 Å². The third kappa shape index (κ3) is 5.13. The van der Waals surface area contributed by atoms with Crippen molar-refractivity contribution in [1.82, 2.24) is 20.0 Å². The largest absolute Gasteiger partial charge is 0.310 e. The second-order valence-corrected chi connectivity index (χ2v) is 9.63. The van der Waals surface area contributed by atoms with Gasteiger partial charge >= 0.3 is 0 Å². The van der Waals surface area contributed by atoms with Crippen molar-refractivity contribution < 1.29 is 9.59 Å². The molecule has 0 bridgehead atoms. The number of nitrogens with zero attached hydrogens (tertiary/aromatic N) is 5. The van der Waals surface area contributed by atoms with Gasteiger partial charge in [-0.05, 0) is 38.8 Å². The minimum atomic E-state index is -0.154. The van der Waals surface area contributed by atoms with Crippen LogP contribution in [0.2, 0.25) is 0 Å². The van der Waals surface area contributed by atoms with E-state index >= 15 is 0 Å². The topological polar surface area (TPSA) is 93.0 Å². The van der Waals surface area contributed by atoms with Gasteiger partial charge in [-0.3, -0.25) is 14.5 Å². The highest BCUT2D eigenvalue weighted by Crippen LogP contribution is 2.36. The summed E-state index contributed by atoms with van der Waals surface area (Å²) in [7, 11) is 0. The first-order valence-electron chi connectivity index (χ1n) is 10.2. The van der Waals surface area contributed by atoms with Crippen LogP contribution < -0.4 is 10.2 Å². The van der Waals surface area contributed by atoms with Gasteiger partial charge in [0.25, 0.3) is 0 Å². The number of aromatic nitrogens is 4. The first-order valence-corrected chi connectivity index (χ1v) is 12.0. The van der Waals surface area contributed by atoms with E-state index in [-0.39, 0.29) is 23.6 Å². The van der Waals surface area contributed by atoms with Crippen molar-refractivity contribution >= 4 is 45.9 Å². The maximum absolute atomic E-state index is 12.6. The standard InChI is InChI=1S/C21H24N6O2S2/c1-4-19(29)26(15-9-10-15)20-23-24-21(31-20)30-12-18(28)22-17-11-14(3)25-27(17)16-7-5-13(2)6-8-16/h5-8,11,15H,4,9-10,12H2,1-3H3,(H,22,28). The lowest BCUT2D eigenvalue weighted by molar-refractivity contribution is -0.118. The number of aryl methyl sites for hydroxylation is 2. The molecule has 0 atom stereocenters. The summed E-state index contributed by atoms with van der Waals surface area (Å²) in [6.07, 6.45) is 2.45.